The standard InChI is InChI=1S/C17H20N2O4S/c20-16(19-8-9-23-11-12(19)10-17(21)22)7-3-6-15-18-13-4-1-2-5-14(13)24-15/h1-2,4-5,12H,3,6-11H2,(H,21,22). The van der Waals surface area contributed by atoms with Gasteiger partial charge in [-0.25, -0.2) is 4.98 Å². The fourth-order valence-electron chi connectivity index (χ4n) is 2.92. The lowest BCUT2D eigenvalue weighted by atomic mass is 10.1. The quantitative estimate of drug-likeness (QED) is 0.867. The van der Waals surface area contributed by atoms with Crippen LogP contribution in [-0.4, -0.2) is 52.7 Å². The second-order valence-electron chi connectivity index (χ2n) is 5.84. The molecule has 2 heterocycles. The molecular formula is C17H20N2O4S. The van der Waals surface area contributed by atoms with Gasteiger partial charge in [-0.2, -0.15) is 0 Å². The van der Waals surface area contributed by atoms with E-state index in [0.717, 1.165) is 28.1 Å². The van der Waals surface area contributed by atoms with Gasteiger partial charge in [0.05, 0.1) is 40.9 Å². The Kier molecular flexibility index (Phi) is 5.42. The van der Waals surface area contributed by atoms with Crippen molar-refractivity contribution in [3.05, 3.63) is 29.3 Å². The van der Waals surface area contributed by atoms with Gasteiger partial charge in [0, 0.05) is 13.0 Å². The second kappa shape index (κ2) is 7.72. The van der Waals surface area contributed by atoms with Gasteiger partial charge < -0.3 is 14.7 Å². The summed E-state index contributed by atoms with van der Waals surface area (Å²) in [6.45, 7) is 1.24. The van der Waals surface area contributed by atoms with Crippen LogP contribution in [0.4, 0.5) is 0 Å². The molecule has 3 rings (SSSR count). The van der Waals surface area contributed by atoms with E-state index < -0.39 is 5.97 Å². The number of carboxylic acid groups (broad SMARTS) is 1. The molecule has 7 heteroatoms. The van der Waals surface area contributed by atoms with E-state index in [1.165, 1.54) is 0 Å². The average Bonchev–Trinajstić information content (AvgIpc) is 2.97. The molecule has 6 nitrogen and oxygen atoms in total. The summed E-state index contributed by atoms with van der Waals surface area (Å²) in [5.74, 6) is -0.900. The second-order valence-corrected chi connectivity index (χ2v) is 6.96. The molecule has 1 aliphatic rings. The van der Waals surface area contributed by atoms with Gasteiger partial charge in [-0.3, -0.25) is 9.59 Å². The highest BCUT2D eigenvalue weighted by molar-refractivity contribution is 7.18. The number of hydrogen-bond acceptors (Lipinski definition) is 5. The van der Waals surface area contributed by atoms with E-state index in [9.17, 15) is 9.59 Å². The molecule has 0 spiro atoms. The van der Waals surface area contributed by atoms with Gasteiger partial charge >= 0.3 is 5.97 Å². The van der Waals surface area contributed by atoms with Crippen molar-refractivity contribution in [2.75, 3.05) is 19.8 Å². The molecule has 128 valence electrons. The van der Waals surface area contributed by atoms with Crippen molar-refractivity contribution in [3.8, 4) is 0 Å². The molecule has 0 radical (unpaired) electrons. The van der Waals surface area contributed by atoms with E-state index in [4.69, 9.17) is 9.84 Å². The van der Waals surface area contributed by atoms with Crippen molar-refractivity contribution >= 4 is 33.4 Å². The number of aliphatic carboxylic acids is 1. The molecule has 24 heavy (non-hydrogen) atoms. The molecule has 1 unspecified atom stereocenters. The average molecular weight is 348 g/mol. The predicted octanol–water partition coefficient (Wildman–Crippen LogP) is 2.32. The Balaban J connectivity index is 1.53. The number of para-hydroxylation sites is 1. The monoisotopic (exact) mass is 348 g/mol. The summed E-state index contributed by atoms with van der Waals surface area (Å²) in [6, 6.07) is 7.65. The first-order valence-corrected chi connectivity index (χ1v) is 8.88. The number of nitrogens with zero attached hydrogens (tertiary/aromatic N) is 2. The topological polar surface area (TPSA) is 79.7 Å². The number of carbonyl (C=O) groups is 2. The van der Waals surface area contributed by atoms with Crippen LogP contribution in [0.5, 0.6) is 0 Å². The smallest absolute Gasteiger partial charge is 0.305 e. The first-order valence-electron chi connectivity index (χ1n) is 8.07. The van der Waals surface area contributed by atoms with Gasteiger partial charge in [0.2, 0.25) is 5.91 Å². The van der Waals surface area contributed by atoms with E-state index in [1.807, 2.05) is 24.3 Å². The molecule has 0 aliphatic carbocycles. The minimum Gasteiger partial charge on any atom is -0.481 e. The maximum absolute atomic E-state index is 12.4. The van der Waals surface area contributed by atoms with Crippen LogP contribution in [0, 0.1) is 0 Å². The highest BCUT2D eigenvalue weighted by Gasteiger charge is 2.28. The van der Waals surface area contributed by atoms with Crippen LogP contribution in [0.2, 0.25) is 0 Å². The lowest BCUT2D eigenvalue weighted by Crippen LogP contribution is -2.49. The highest BCUT2D eigenvalue weighted by atomic mass is 32.1. The summed E-state index contributed by atoms with van der Waals surface area (Å²) in [4.78, 5) is 29.6. The number of benzene rings is 1. The Labute approximate surface area is 144 Å². The van der Waals surface area contributed by atoms with E-state index in [-0.39, 0.29) is 18.4 Å². The number of rotatable bonds is 6. The molecule has 2 aromatic rings. The van der Waals surface area contributed by atoms with Crippen molar-refractivity contribution in [2.24, 2.45) is 0 Å². The molecule has 1 N–H and O–H groups in total. The predicted molar refractivity (Wildman–Crippen MR) is 91.1 cm³/mol. The molecule has 1 aromatic carbocycles. The van der Waals surface area contributed by atoms with Crippen LogP contribution in [0.15, 0.2) is 24.3 Å². The number of carboxylic acids is 1. The Hall–Kier alpha value is -1.99. The van der Waals surface area contributed by atoms with Gasteiger partial charge in [0.1, 0.15) is 0 Å². The van der Waals surface area contributed by atoms with Crippen molar-refractivity contribution in [2.45, 2.75) is 31.7 Å². The largest absolute Gasteiger partial charge is 0.481 e. The zero-order valence-electron chi connectivity index (χ0n) is 13.3. The fourth-order valence-corrected chi connectivity index (χ4v) is 3.92. The third-order valence-electron chi connectivity index (χ3n) is 4.08. The molecule has 1 fully saturated rings. The van der Waals surface area contributed by atoms with Crippen LogP contribution in [0.25, 0.3) is 10.2 Å². The van der Waals surface area contributed by atoms with Gasteiger partial charge in [0.25, 0.3) is 0 Å². The zero-order valence-corrected chi connectivity index (χ0v) is 14.1. The van der Waals surface area contributed by atoms with Crippen molar-refractivity contribution in [1.82, 2.24) is 9.88 Å². The van der Waals surface area contributed by atoms with Crippen LogP contribution in [-0.2, 0) is 20.7 Å². The Morgan fingerprint density at radius 2 is 2.21 bits per heavy atom. The lowest BCUT2D eigenvalue weighted by Gasteiger charge is -2.34. The van der Waals surface area contributed by atoms with E-state index in [0.29, 0.717) is 26.2 Å². The first kappa shape index (κ1) is 16.9. The number of carbonyl (C=O) groups excluding carboxylic acids is 1. The highest BCUT2D eigenvalue weighted by Crippen LogP contribution is 2.23. The number of thiazole rings is 1. The maximum Gasteiger partial charge on any atom is 0.305 e. The van der Waals surface area contributed by atoms with E-state index in [2.05, 4.69) is 4.98 Å². The molecule has 1 aromatic heterocycles. The number of aryl methyl sites for hydroxylation is 1. The third kappa shape index (κ3) is 4.10. The minimum atomic E-state index is -0.905. The minimum absolute atomic E-state index is 0.00524. The molecule has 1 amide bonds. The number of amides is 1. The maximum atomic E-state index is 12.4. The number of aromatic nitrogens is 1. The van der Waals surface area contributed by atoms with Crippen molar-refractivity contribution in [1.29, 1.82) is 0 Å². The number of fused-ring (bicyclic) bond motifs is 1. The zero-order chi connectivity index (χ0) is 16.9. The number of morpholine rings is 1. The van der Waals surface area contributed by atoms with Crippen molar-refractivity contribution in [3.63, 3.8) is 0 Å². The molecule has 1 atom stereocenters. The normalized spacial score (nSPS) is 18.0. The molecule has 0 bridgehead atoms. The Bertz CT molecular complexity index is 697. The number of ether oxygens (including phenoxy) is 1. The van der Waals surface area contributed by atoms with Crippen LogP contribution >= 0.6 is 11.3 Å². The van der Waals surface area contributed by atoms with E-state index in [1.54, 1.807) is 16.2 Å². The summed E-state index contributed by atoms with van der Waals surface area (Å²) in [5.41, 5.74) is 0.999. The van der Waals surface area contributed by atoms with E-state index >= 15 is 0 Å². The molecular weight excluding hydrogens is 328 g/mol. The third-order valence-corrected chi connectivity index (χ3v) is 5.17. The summed E-state index contributed by atoms with van der Waals surface area (Å²) >= 11 is 1.66. The Morgan fingerprint density at radius 1 is 1.38 bits per heavy atom. The van der Waals surface area contributed by atoms with Gasteiger partial charge in [-0.15, -0.1) is 11.3 Å². The summed E-state index contributed by atoms with van der Waals surface area (Å²) in [7, 11) is 0. The molecule has 1 aliphatic heterocycles. The van der Waals surface area contributed by atoms with Crippen molar-refractivity contribution < 1.29 is 19.4 Å². The summed E-state index contributed by atoms with van der Waals surface area (Å²) in [5, 5.41) is 9.99. The molecule has 0 saturated carbocycles. The first-order chi connectivity index (χ1) is 11.6. The molecule has 1 saturated heterocycles. The van der Waals surface area contributed by atoms with Gasteiger partial charge in [-0.1, -0.05) is 12.1 Å². The number of hydrogen-bond donors (Lipinski definition) is 1. The van der Waals surface area contributed by atoms with Crippen LogP contribution in [0.1, 0.15) is 24.3 Å². The van der Waals surface area contributed by atoms with Crippen LogP contribution < -0.4 is 0 Å². The van der Waals surface area contributed by atoms with Crippen LogP contribution in [0.3, 0.4) is 0 Å². The van der Waals surface area contributed by atoms with Gasteiger partial charge in [0.15, 0.2) is 0 Å². The Morgan fingerprint density at radius 3 is 3.00 bits per heavy atom. The summed E-state index contributed by atoms with van der Waals surface area (Å²) in [6.07, 6.45) is 1.82. The SMILES string of the molecule is O=C(O)CC1COCCN1C(=O)CCCc1nc2ccccc2s1. The lowest BCUT2D eigenvalue weighted by molar-refractivity contribution is -0.146. The fraction of sp³-hybridized carbons (Fsp3) is 0.471. The van der Waals surface area contributed by atoms with Gasteiger partial charge in [-0.05, 0) is 25.0 Å². The summed E-state index contributed by atoms with van der Waals surface area (Å²) < 4.78 is 6.47.